The average molecular weight is 350 g/mol. The molecular weight excluding hydrogens is 332 g/mol. The van der Waals surface area contributed by atoms with Gasteiger partial charge in [0.05, 0.1) is 0 Å². The highest BCUT2D eigenvalue weighted by molar-refractivity contribution is 5.80. The van der Waals surface area contributed by atoms with Gasteiger partial charge in [-0.15, -0.1) is 0 Å². The van der Waals surface area contributed by atoms with E-state index in [4.69, 9.17) is 9.97 Å². The number of hydrogen-bond donors (Lipinski definition) is 1. The van der Waals surface area contributed by atoms with E-state index in [0.717, 1.165) is 39.8 Å². The highest BCUT2D eigenvalue weighted by Crippen LogP contribution is 2.29. The molecule has 1 N–H and O–H groups in total. The number of aryl methyl sites for hydroxylation is 1. The Labute approximate surface area is 157 Å². The molecule has 3 aromatic carbocycles. The van der Waals surface area contributed by atoms with Crippen LogP contribution in [0.2, 0.25) is 0 Å². The largest absolute Gasteiger partial charge is 0.321 e. The second-order valence-electron chi connectivity index (χ2n) is 6.60. The molecule has 5 rings (SSSR count). The molecule has 0 aliphatic heterocycles. The minimum Gasteiger partial charge on any atom is -0.321 e. The maximum atomic E-state index is 4.87. The molecule has 2 heterocycles. The third kappa shape index (κ3) is 2.72. The van der Waals surface area contributed by atoms with E-state index in [1.807, 2.05) is 48.5 Å². The summed E-state index contributed by atoms with van der Waals surface area (Å²) >= 11 is 0. The summed E-state index contributed by atoms with van der Waals surface area (Å²) in [6, 6.07) is 28.8. The molecule has 0 fully saturated rings. The molecule has 4 nitrogen and oxygen atoms in total. The monoisotopic (exact) mass is 350 g/mol. The van der Waals surface area contributed by atoms with E-state index in [9.17, 15) is 0 Å². The molecule has 0 atom stereocenters. The van der Waals surface area contributed by atoms with Crippen molar-refractivity contribution in [3.63, 3.8) is 0 Å². The number of rotatable bonds is 3. The Balaban J connectivity index is 1.76. The van der Waals surface area contributed by atoms with Crippen molar-refractivity contribution in [2.45, 2.75) is 6.92 Å². The smallest absolute Gasteiger partial charge is 0.184 e. The Hall–Kier alpha value is -3.66. The molecule has 0 saturated heterocycles. The zero-order valence-electron chi connectivity index (χ0n) is 14.9. The molecule has 130 valence electrons. The first-order chi connectivity index (χ1) is 13.3. The third-order valence-electron chi connectivity index (χ3n) is 4.68. The van der Waals surface area contributed by atoms with Gasteiger partial charge in [-0.3, -0.25) is 4.57 Å². The zero-order valence-corrected chi connectivity index (χ0v) is 14.9. The molecule has 2 aromatic heterocycles. The van der Waals surface area contributed by atoms with E-state index >= 15 is 0 Å². The van der Waals surface area contributed by atoms with Crippen LogP contribution in [-0.4, -0.2) is 19.5 Å². The average Bonchev–Trinajstić information content (AvgIpc) is 3.28. The Morgan fingerprint density at radius 1 is 0.704 bits per heavy atom. The fraction of sp³-hybridized carbons (Fsp3) is 0.0435. The van der Waals surface area contributed by atoms with Crippen molar-refractivity contribution in [2.24, 2.45) is 0 Å². The summed E-state index contributed by atoms with van der Waals surface area (Å²) in [5, 5.41) is 0. The number of nitrogens with one attached hydrogen (secondary N) is 1. The number of hydrogen-bond acceptors (Lipinski definition) is 2. The SMILES string of the molecule is Cc1ccc(-n2c(-c3ccccc3)nc3[nH]c(-c4ccccc4)nc32)cc1. The lowest BCUT2D eigenvalue weighted by Gasteiger charge is -2.09. The summed E-state index contributed by atoms with van der Waals surface area (Å²) in [7, 11) is 0. The van der Waals surface area contributed by atoms with E-state index in [1.54, 1.807) is 0 Å². The predicted octanol–water partition coefficient (Wildman–Crippen LogP) is 5.39. The fourth-order valence-corrected chi connectivity index (χ4v) is 3.30. The number of benzene rings is 3. The summed E-state index contributed by atoms with van der Waals surface area (Å²) in [5.74, 6) is 1.71. The van der Waals surface area contributed by atoms with Gasteiger partial charge >= 0.3 is 0 Å². The number of H-pyrrole nitrogens is 1. The van der Waals surface area contributed by atoms with Crippen molar-refractivity contribution < 1.29 is 0 Å². The zero-order chi connectivity index (χ0) is 18.2. The molecule has 0 aliphatic rings. The summed E-state index contributed by atoms with van der Waals surface area (Å²) in [4.78, 5) is 13.1. The van der Waals surface area contributed by atoms with Gasteiger partial charge in [0.2, 0.25) is 0 Å². The molecule has 0 saturated carbocycles. The van der Waals surface area contributed by atoms with Crippen LogP contribution in [0.4, 0.5) is 0 Å². The highest BCUT2D eigenvalue weighted by Gasteiger charge is 2.18. The fourth-order valence-electron chi connectivity index (χ4n) is 3.30. The van der Waals surface area contributed by atoms with E-state index in [2.05, 4.69) is 52.9 Å². The molecule has 0 unspecified atom stereocenters. The van der Waals surface area contributed by atoms with Gasteiger partial charge < -0.3 is 4.98 Å². The number of aromatic nitrogens is 4. The van der Waals surface area contributed by atoms with E-state index < -0.39 is 0 Å². The summed E-state index contributed by atoms with van der Waals surface area (Å²) in [6.45, 7) is 2.09. The number of aromatic amines is 1. The predicted molar refractivity (Wildman–Crippen MR) is 109 cm³/mol. The van der Waals surface area contributed by atoms with Gasteiger partial charge in [-0.2, -0.15) is 0 Å². The van der Waals surface area contributed by atoms with Gasteiger partial charge in [0.15, 0.2) is 11.3 Å². The molecule has 0 aliphatic carbocycles. The van der Waals surface area contributed by atoms with Crippen LogP contribution in [0.3, 0.4) is 0 Å². The lowest BCUT2D eigenvalue weighted by molar-refractivity contribution is 1.07. The lowest BCUT2D eigenvalue weighted by atomic mass is 10.2. The van der Waals surface area contributed by atoms with Gasteiger partial charge in [-0.25, -0.2) is 9.97 Å². The Morgan fingerprint density at radius 3 is 2.00 bits per heavy atom. The van der Waals surface area contributed by atoms with Crippen molar-refractivity contribution in [1.29, 1.82) is 0 Å². The molecule has 0 spiro atoms. The first-order valence-electron chi connectivity index (χ1n) is 8.96. The van der Waals surface area contributed by atoms with Gasteiger partial charge in [-0.1, -0.05) is 78.4 Å². The van der Waals surface area contributed by atoms with Crippen molar-refractivity contribution in [1.82, 2.24) is 19.5 Å². The Morgan fingerprint density at radius 2 is 1.33 bits per heavy atom. The summed E-state index contributed by atoms with van der Waals surface area (Å²) in [5.41, 5.74) is 6.00. The van der Waals surface area contributed by atoms with Crippen molar-refractivity contribution in [3.05, 3.63) is 90.5 Å². The summed E-state index contributed by atoms with van der Waals surface area (Å²) in [6.07, 6.45) is 0. The van der Waals surface area contributed by atoms with Gasteiger partial charge in [0, 0.05) is 16.8 Å². The van der Waals surface area contributed by atoms with Crippen LogP contribution >= 0.6 is 0 Å². The number of fused-ring (bicyclic) bond motifs is 1. The molecule has 5 aromatic rings. The normalized spacial score (nSPS) is 11.1. The number of imidazole rings is 2. The van der Waals surface area contributed by atoms with Crippen LogP contribution in [0.5, 0.6) is 0 Å². The second kappa shape index (κ2) is 6.25. The molecule has 0 bridgehead atoms. The number of nitrogens with zero attached hydrogens (tertiary/aromatic N) is 3. The van der Waals surface area contributed by atoms with Crippen LogP contribution < -0.4 is 0 Å². The van der Waals surface area contributed by atoms with Crippen LogP contribution in [0.25, 0.3) is 39.8 Å². The van der Waals surface area contributed by atoms with Gasteiger partial charge in [0.25, 0.3) is 0 Å². The standard InChI is InChI=1S/C23H18N4/c1-16-12-14-19(15-13-16)27-22(18-10-6-3-7-11-18)26-21-23(27)25-20(24-21)17-8-4-2-5-9-17/h2-15H,1H3,(H,24,25). The van der Waals surface area contributed by atoms with E-state index in [0.29, 0.717) is 0 Å². The van der Waals surface area contributed by atoms with E-state index in [1.165, 1.54) is 5.56 Å². The molecule has 0 amide bonds. The van der Waals surface area contributed by atoms with Gasteiger partial charge in [-0.05, 0) is 19.1 Å². The molecule has 0 radical (unpaired) electrons. The highest BCUT2D eigenvalue weighted by atomic mass is 15.2. The molecule has 4 heteroatoms. The van der Waals surface area contributed by atoms with Crippen LogP contribution in [0, 0.1) is 6.92 Å². The molecule has 27 heavy (non-hydrogen) atoms. The van der Waals surface area contributed by atoms with Crippen LogP contribution in [-0.2, 0) is 0 Å². The topological polar surface area (TPSA) is 46.5 Å². The van der Waals surface area contributed by atoms with Crippen molar-refractivity contribution in [2.75, 3.05) is 0 Å². The lowest BCUT2D eigenvalue weighted by Crippen LogP contribution is -1.98. The van der Waals surface area contributed by atoms with E-state index in [-0.39, 0.29) is 0 Å². The third-order valence-corrected chi connectivity index (χ3v) is 4.68. The first kappa shape index (κ1) is 15.6. The van der Waals surface area contributed by atoms with Crippen LogP contribution in [0.1, 0.15) is 5.56 Å². The quantitative estimate of drug-likeness (QED) is 0.474. The minimum atomic E-state index is 0.785. The van der Waals surface area contributed by atoms with Crippen molar-refractivity contribution in [3.8, 4) is 28.5 Å². The second-order valence-corrected chi connectivity index (χ2v) is 6.60. The molecular formula is C23H18N4. The summed E-state index contributed by atoms with van der Waals surface area (Å²) < 4.78 is 2.12. The van der Waals surface area contributed by atoms with Crippen LogP contribution in [0.15, 0.2) is 84.9 Å². The first-order valence-corrected chi connectivity index (χ1v) is 8.96. The van der Waals surface area contributed by atoms with Gasteiger partial charge in [0.1, 0.15) is 11.6 Å². The van der Waals surface area contributed by atoms with Crippen molar-refractivity contribution >= 4 is 11.3 Å². The Kier molecular flexibility index (Phi) is 3.61. The maximum Gasteiger partial charge on any atom is 0.184 e. The maximum absolute atomic E-state index is 4.87. The minimum absolute atomic E-state index is 0.785. The Bertz CT molecular complexity index is 1200.